The van der Waals surface area contributed by atoms with Crippen LogP contribution in [0.25, 0.3) is 0 Å². The Hall–Kier alpha value is -2.55. The third-order valence-electron chi connectivity index (χ3n) is 4.71. The molecule has 29 heavy (non-hydrogen) atoms. The predicted molar refractivity (Wildman–Crippen MR) is 94.0 cm³/mol. The van der Waals surface area contributed by atoms with E-state index in [4.69, 9.17) is 0 Å². The van der Waals surface area contributed by atoms with Crippen molar-refractivity contribution in [1.29, 1.82) is 0 Å². The minimum absolute atomic E-state index is 0.00788. The molecule has 0 spiro atoms. The Labute approximate surface area is 163 Å². The van der Waals surface area contributed by atoms with Crippen LogP contribution in [0.2, 0.25) is 0 Å². The second kappa shape index (κ2) is 8.06. The summed E-state index contributed by atoms with van der Waals surface area (Å²) < 4.78 is 77.7. The zero-order valence-electron chi connectivity index (χ0n) is 15.1. The molecule has 0 bridgehead atoms. The SMILES string of the molecule is O=C(NC1CCN(Cc2ccccc2)C1)c1cc(C(F)(F)F)cc(C(F)(F)F)c1. The molecule has 0 aliphatic carbocycles. The molecule has 1 N–H and O–H groups in total. The number of carbonyl (C=O) groups is 1. The Morgan fingerprint density at radius 1 is 0.966 bits per heavy atom. The highest BCUT2D eigenvalue weighted by molar-refractivity contribution is 5.95. The lowest BCUT2D eigenvalue weighted by atomic mass is 10.0. The second-order valence-electron chi connectivity index (χ2n) is 6.97. The minimum atomic E-state index is -4.99. The number of amides is 1. The van der Waals surface area contributed by atoms with Gasteiger partial charge in [-0.05, 0) is 30.2 Å². The molecular formula is C20H18F6N2O. The third-order valence-corrected chi connectivity index (χ3v) is 4.71. The number of hydrogen-bond acceptors (Lipinski definition) is 2. The van der Waals surface area contributed by atoms with Crippen molar-refractivity contribution in [2.45, 2.75) is 31.4 Å². The number of likely N-dealkylation sites (tertiary alicyclic amines) is 1. The first kappa shape index (κ1) is 21.2. The van der Waals surface area contributed by atoms with Gasteiger partial charge in [0.15, 0.2) is 0 Å². The number of rotatable bonds is 4. The minimum Gasteiger partial charge on any atom is -0.348 e. The van der Waals surface area contributed by atoms with Crippen molar-refractivity contribution < 1.29 is 31.1 Å². The summed E-state index contributed by atoms with van der Waals surface area (Å²) in [7, 11) is 0. The Bertz CT molecular complexity index is 831. The lowest BCUT2D eigenvalue weighted by molar-refractivity contribution is -0.143. The molecule has 9 heteroatoms. The maximum Gasteiger partial charge on any atom is 0.416 e. The largest absolute Gasteiger partial charge is 0.416 e. The summed E-state index contributed by atoms with van der Waals surface area (Å²) in [5.74, 6) is -0.951. The molecule has 1 heterocycles. The molecule has 1 unspecified atom stereocenters. The molecular weight excluding hydrogens is 398 g/mol. The molecule has 2 aromatic carbocycles. The summed E-state index contributed by atoms with van der Waals surface area (Å²) in [5, 5.41) is 2.55. The topological polar surface area (TPSA) is 32.3 Å². The van der Waals surface area contributed by atoms with E-state index >= 15 is 0 Å². The Balaban J connectivity index is 1.70. The van der Waals surface area contributed by atoms with Crippen LogP contribution in [-0.4, -0.2) is 29.9 Å². The van der Waals surface area contributed by atoms with Crippen LogP contribution >= 0.6 is 0 Å². The highest BCUT2D eigenvalue weighted by atomic mass is 19.4. The highest BCUT2D eigenvalue weighted by Gasteiger charge is 2.37. The fourth-order valence-corrected chi connectivity index (χ4v) is 3.29. The maximum absolute atomic E-state index is 13.0. The molecule has 1 saturated heterocycles. The summed E-state index contributed by atoms with van der Waals surface area (Å²) in [6.45, 7) is 1.77. The van der Waals surface area contributed by atoms with E-state index in [9.17, 15) is 31.1 Å². The third kappa shape index (κ3) is 5.50. The van der Waals surface area contributed by atoms with Crippen LogP contribution in [0.5, 0.6) is 0 Å². The number of alkyl halides is 6. The van der Waals surface area contributed by atoms with Crippen molar-refractivity contribution in [2.24, 2.45) is 0 Å². The number of carbonyl (C=O) groups excluding carboxylic acids is 1. The quantitative estimate of drug-likeness (QED) is 0.731. The number of hydrogen-bond donors (Lipinski definition) is 1. The number of nitrogens with one attached hydrogen (secondary N) is 1. The van der Waals surface area contributed by atoms with Crippen molar-refractivity contribution in [3.8, 4) is 0 Å². The molecule has 1 aliphatic heterocycles. The molecule has 3 rings (SSSR count). The molecule has 3 nitrogen and oxygen atoms in total. The average molecular weight is 416 g/mol. The summed E-state index contributed by atoms with van der Waals surface area (Å²) >= 11 is 0. The standard InChI is InChI=1S/C20H18F6N2O/c21-19(22,23)15-8-14(9-16(10-15)20(24,25)26)18(29)27-17-6-7-28(12-17)11-13-4-2-1-3-5-13/h1-5,8-10,17H,6-7,11-12H2,(H,27,29). The molecule has 0 aromatic heterocycles. The Morgan fingerprint density at radius 3 is 2.10 bits per heavy atom. The van der Waals surface area contributed by atoms with Crippen molar-refractivity contribution in [3.63, 3.8) is 0 Å². The van der Waals surface area contributed by atoms with E-state index in [0.717, 1.165) is 5.56 Å². The van der Waals surface area contributed by atoms with Gasteiger partial charge >= 0.3 is 12.4 Å². The van der Waals surface area contributed by atoms with Gasteiger partial charge in [-0.2, -0.15) is 26.3 Å². The van der Waals surface area contributed by atoms with Crippen molar-refractivity contribution in [3.05, 3.63) is 70.8 Å². The van der Waals surface area contributed by atoms with E-state index in [1.165, 1.54) is 0 Å². The molecule has 2 aromatic rings. The summed E-state index contributed by atoms with van der Waals surface area (Å²) in [5.41, 5.74) is -2.59. The van der Waals surface area contributed by atoms with E-state index < -0.39 is 35.0 Å². The fourth-order valence-electron chi connectivity index (χ4n) is 3.29. The second-order valence-corrected chi connectivity index (χ2v) is 6.97. The van der Waals surface area contributed by atoms with Gasteiger partial charge in [0, 0.05) is 31.2 Å². The first-order chi connectivity index (χ1) is 13.5. The van der Waals surface area contributed by atoms with E-state index in [1.807, 2.05) is 30.3 Å². The Kier molecular flexibility index (Phi) is 5.88. The van der Waals surface area contributed by atoms with Crippen molar-refractivity contribution in [1.82, 2.24) is 10.2 Å². The lowest BCUT2D eigenvalue weighted by Crippen LogP contribution is -2.37. The molecule has 156 valence electrons. The molecule has 0 saturated carbocycles. The Morgan fingerprint density at radius 2 is 1.55 bits per heavy atom. The van der Waals surface area contributed by atoms with Gasteiger partial charge in [-0.3, -0.25) is 9.69 Å². The van der Waals surface area contributed by atoms with E-state index in [1.54, 1.807) is 0 Å². The lowest BCUT2D eigenvalue weighted by Gasteiger charge is -2.18. The number of benzene rings is 2. The monoisotopic (exact) mass is 416 g/mol. The summed E-state index contributed by atoms with van der Waals surface area (Å²) in [6.07, 6.45) is -9.42. The molecule has 1 amide bonds. The van der Waals surface area contributed by atoms with E-state index in [2.05, 4.69) is 10.2 Å². The van der Waals surface area contributed by atoms with Crippen LogP contribution in [0.1, 0.15) is 33.5 Å². The van der Waals surface area contributed by atoms with Gasteiger partial charge in [0.2, 0.25) is 0 Å². The molecule has 1 aliphatic rings. The number of nitrogens with zero attached hydrogens (tertiary/aromatic N) is 1. The van der Waals surface area contributed by atoms with Crippen molar-refractivity contribution >= 4 is 5.91 Å². The molecule has 1 atom stereocenters. The first-order valence-corrected chi connectivity index (χ1v) is 8.89. The highest BCUT2D eigenvalue weighted by Crippen LogP contribution is 2.36. The zero-order chi connectivity index (χ0) is 21.2. The van der Waals surface area contributed by atoms with Gasteiger partial charge in [-0.1, -0.05) is 30.3 Å². The van der Waals surface area contributed by atoms with E-state index in [0.29, 0.717) is 38.2 Å². The summed E-state index contributed by atoms with van der Waals surface area (Å²) in [4.78, 5) is 14.4. The van der Waals surface area contributed by atoms with Crippen molar-refractivity contribution in [2.75, 3.05) is 13.1 Å². The summed E-state index contributed by atoms with van der Waals surface area (Å²) in [6, 6.07) is 10.1. The maximum atomic E-state index is 13.0. The number of halogens is 6. The van der Waals surface area contributed by atoms with Crippen LogP contribution in [0.3, 0.4) is 0 Å². The first-order valence-electron chi connectivity index (χ1n) is 8.89. The van der Waals surface area contributed by atoms with Crippen LogP contribution in [0.4, 0.5) is 26.3 Å². The fraction of sp³-hybridized carbons (Fsp3) is 0.350. The van der Waals surface area contributed by atoms with Crippen LogP contribution in [-0.2, 0) is 18.9 Å². The average Bonchev–Trinajstić information content (AvgIpc) is 3.07. The van der Waals surface area contributed by atoms with Gasteiger partial charge in [-0.15, -0.1) is 0 Å². The van der Waals surface area contributed by atoms with Crippen LogP contribution < -0.4 is 5.32 Å². The molecule has 1 fully saturated rings. The molecule has 0 radical (unpaired) electrons. The van der Waals surface area contributed by atoms with Crippen LogP contribution in [0, 0.1) is 0 Å². The predicted octanol–water partition coefficient (Wildman–Crippen LogP) is 4.73. The van der Waals surface area contributed by atoms with Gasteiger partial charge in [-0.25, -0.2) is 0 Å². The van der Waals surface area contributed by atoms with Gasteiger partial charge < -0.3 is 5.32 Å². The van der Waals surface area contributed by atoms with Gasteiger partial charge in [0.25, 0.3) is 5.91 Å². The van der Waals surface area contributed by atoms with Gasteiger partial charge in [0.05, 0.1) is 11.1 Å². The van der Waals surface area contributed by atoms with E-state index in [-0.39, 0.29) is 12.1 Å². The van der Waals surface area contributed by atoms with Crippen LogP contribution in [0.15, 0.2) is 48.5 Å². The smallest absolute Gasteiger partial charge is 0.348 e. The zero-order valence-corrected chi connectivity index (χ0v) is 15.1. The normalized spacial score (nSPS) is 18.1. The van der Waals surface area contributed by atoms with Gasteiger partial charge in [0.1, 0.15) is 0 Å².